The first-order valence-electron chi connectivity index (χ1n) is 6.59. The second kappa shape index (κ2) is 7.63. The van der Waals surface area contributed by atoms with Crippen molar-refractivity contribution >= 4 is 5.82 Å². The van der Waals surface area contributed by atoms with Crippen molar-refractivity contribution in [1.82, 2.24) is 4.98 Å². The van der Waals surface area contributed by atoms with Gasteiger partial charge in [0.15, 0.2) is 0 Å². The molecule has 18 heavy (non-hydrogen) atoms. The summed E-state index contributed by atoms with van der Waals surface area (Å²) >= 11 is 0. The van der Waals surface area contributed by atoms with Gasteiger partial charge in [-0.25, -0.2) is 4.98 Å². The van der Waals surface area contributed by atoms with E-state index in [-0.39, 0.29) is 0 Å². The lowest BCUT2D eigenvalue weighted by molar-refractivity contribution is -0.527. The zero-order valence-corrected chi connectivity index (χ0v) is 11.5. The maximum absolute atomic E-state index is 11.4. The standard InChI is InChI=1S/C13H22N4O/c1-4-7-12-8-9-14-13(11-12)16(10-5-2)15-17(18)6-3/h8-9,11H,4-7,10H2,1-3H3. The van der Waals surface area contributed by atoms with Gasteiger partial charge in [-0.1, -0.05) is 20.3 Å². The second-order valence-electron chi connectivity index (χ2n) is 4.15. The van der Waals surface area contributed by atoms with Gasteiger partial charge in [0, 0.05) is 12.3 Å². The zero-order chi connectivity index (χ0) is 13.4. The van der Waals surface area contributed by atoms with Gasteiger partial charge in [-0.15, -0.1) is 5.01 Å². The average Bonchev–Trinajstić information content (AvgIpc) is 2.39. The van der Waals surface area contributed by atoms with E-state index < -0.39 is 0 Å². The number of hydroxylamine groups is 1. The summed E-state index contributed by atoms with van der Waals surface area (Å²) in [6, 6.07) is 4.01. The van der Waals surface area contributed by atoms with Crippen molar-refractivity contribution < 1.29 is 4.86 Å². The SMILES string of the molecule is CCCc1ccnc(N(CCC)N=[N+]([O-])CC)c1. The molecule has 0 unspecified atom stereocenters. The molecule has 0 spiro atoms. The van der Waals surface area contributed by atoms with Crippen LogP contribution in [0.25, 0.3) is 0 Å². The van der Waals surface area contributed by atoms with Crippen molar-refractivity contribution in [3.05, 3.63) is 29.1 Å². The molecule has 1 heterocycles. The Morgan fingerprint density at radius 1 is 1.33 bits per heavy atom. The van der Waals surface area contributed by atoms with Crippen molar-refractivity contribution in [2.75, 3.05) is 18.1 Å². The molecule has 1 rings (SSSR count). The third kappa shape index (κ3) is 4.31. The van der Waals surface area contributed by atoms with E-state index in [0.29, 0.717) is 18.0 Å². The van der Waals surface area contributed by atoms with E-state index in [1.54, 1.807) is 18.1 Å². The summed E-state index contributed by atoms with van der Waals surface area (Å²) in [7, 11) is 0. The summed E-state index contributed by atoms with van der Waals surface area (Å²) in [6.07, 6.45) is 4.81. The van der Waals surface area contributed by atoms with Gasteiger partial charge in [0.1, 0.15) is 13.1 Å². The van der Waals surface area contributed by atoms with Crippen LogP contribution >= 0.6 is 0 Å². The molecule has 1 aromatic heterocycles. The van der Waals surface area contributed by atoms with Crippen LogP contribution < -0.4 is 5.01 Å². The van der Waals surface area contributed by atoms with Crippen molar-refractivity contribution in [3.63, 3.8) is 0 Å². The van der Waals surface area contributed by atoms with Crippen LogP contribution in [0, 0.1) is 5.21 Å². The van der Waals surface area contributed by atoms with Gasteiger partial charge in [0.25, 0.3) is 0 Å². The molecule has 0 saturated heterocycles. The van der Waals surface area contributed by atoms with E-state index in [9.17, 15) is 5.21 Å². The van der Waals surface area contributed by atoms with Gasteiger partial charge < -0.3 is 5.21 Å². The molecular weight excluding hydrogens is 228 g/mol. The number of pyridine rings is 1. The van der Waals surface area contributed by atoms with Crippen LogP contribution in [0.5, 0.6) is 0 Å². The largest absolute Gasteiger partial charge is 0.696 e. The Morgan fingerprint density at radius 3 is 2.72 bits per heavy atom. The molecule has 0 atom stereocenters. The normalized spacial score (nSPS) is 11.6. The molecule has 0 fully saturated rings. The molecule has 0 aromatic carbocycles. The Hall–Kier alpha value is -1.65. The fraction of sp³-hybridized carbons (Fsp3) is 0.615. The van der Waals surface area contributed by atoms with Gasteiger partial charge in [-0.2, -0.15) is 4.86 Å². The first-order valence-corrected chi connectivity index (χ1v) is 6.59. The topological polar surface area (TPSA) is 54.6 Å². The fourth-order valence-electron chi connectivity index (χ4n) is 1.65. The number of hydrogen-bond acceptors (Lipinski definition) is 3. The second-order valence-corrected chi connectivity index (χ2v) is 4.15. The van der Waals surface area contributed by atoms with Crippen molar-refractivity contribution in [2.45, 2.75) is 40.0 Å². The van der Waals surface area contributed by atoms with Crippen LogP contribution in [0.15, 0.2) is 23.6 Å². The van der Waals surface area contributed by atoms with E-state index in [4.69, 9.17) is 0 Å². The summed E-state index contributed by atoms with van der Waals surface area (Å²) in [5.41, 5.74) is 1.23. The van der Waals surface area contributed by atoms with Crippen LogP contribution in [-0.4, -0.2) is 22.9 Å². The predicted octanol–water partition coefficient (Wildman–Crippen LogP) is 3.15. The van der Waals surface area contributed by atoms with Crippen LogP contribution in [0.2, 0.25) is 0 Å². The Labute approximate surface area is 109 Å². The maximum Gasteiger partial charge on any atom is 0.242 e. The molecule has 0 aliphatic rings. The van der Waals surface area contributed by atoms with Gasteiger partial charge in [0.05, 0.1) is 5.22 Å². The number of hydrogen-bond donors (Lipinski definition) is 0. The van der Waals surface area contributed by atoms with Gasteiger partial charge in [0.2, 0.25) is 5.82 Å². The lowest BCUT2D eigenvalue weighted by atomic mass is 10.1. The first-order chi connectivity index (χ1) is 8.71. The van der Waals surface area contributed by atoms with Gasteiger partial charge in [-0.05, 0) is 31.4 Å². The molecule has 0 aliphatic carbocycles. The molecule has 5 nitrogen and oxygen atoms in total. The minimum absolute atomic E-state index is 0.342. The quantitative estimate of drug-likeness (QED) is 0.424. The number of anilines is 1. The van der Waals surface area contributed by atoms with E-state index in [2.05, 4.69) is 24.1 Å². The predicted molar refractivity (Wildman–Crippen MR) is 72.5 cm³/mol. The van der Waals surface area contributed by atoms with Crippen LogP contribution in [0.4, 0.5) is 5.82 Å². The molecule has 0 saturated carbocycles. The molecule has 0 N–H and O–H groups in total. The Balaban J connectivity index is 2.94. The molecule has 100 valence electrons. The molecule has 0 radical (unpaired) electrons. The highest BCUT2D eigenvalue weighted by Gasteiger charge is 2.14. The minimum atomic E-state index is 0.342. The third-order valence-electron chi connectivity index (χ3n) is 2.53. The Kier molecular flexibility index (Phi) is 6.11. The number of rotatable bonds is 7. The molecule has 0 bridgehead atoms. The number of nitrogens with zero attached hydrogens (tertiary/aromatic N) is 4. The van der Waals surface area contributed by atoms with Crippen molar-refractivity contribution in [3.8, 4) is 0 Å². The van der Waals surface area contributed by atoms with Gasteiger partial charge in [-0.3, -0.25) is 0 Å². The van der Waals surface area contributed by atoms with Crippen molar-refractivity contribution in [1.29, 1.82) is 0 Å². The Bertz CT molecular complexity index is 392. The average molecular weight is 250 g/mol. The zero-order valence-electron chi connectivity index (χ0n) is 11.5. The molecular formula is C13H22N4O. The Morgan fingerprint density at radius 2 is 2.11 bits per heavy atom. The smallest absolute Gasteiger partial charge is 0.242 e. The van der Waals surface area contributed by atoms with Crippen LogP contribution in [-0.2, 0) is 6.42 Å². The molecule has 0 amide bonds. The highest BCUT2D eigenvalue weighted by atomic mass is 16.5. The van der Waals surface area contributed by atoms with E-state index in [1.165, 1.54) is 5.56 Å². The van der Waals surface area contributed by atoms with Crippen molar-refractivity contribution in [2.24, 2.45) is 5.22 Å². The van der Waals surface area contributed by atoms with E-state index in [1.807, 2.05) is 12.1 Å². The van der Waals surface area contributed by atoms with E-state index >= 15 is 0 Å². The fourth-order valence-corrected chi connectivity index (χ4v) is 1.65. The van der Waals surface area contributed by atoms with Crippen LogP contribution in [0.1, 0.15) is 39.2 Å². The summed E-state index contributed by atoms with van der Waals surface area (Å²) in [6.45, 7) is 7.02. The van der Waals surface area contributed by atoms with E-state index in [0.717, 1.165) is 25.1 Å². The van der Waals surface area contributed by atoms with Gasteiger partial charge >= 0.3 is 0 Å². The highest BCUT2D eigenvalue weighted by Crippen LogP contribution is 2.15. The monoisotopic (exact) mass is 250 g/mol. The summed E-state index contributed by atoms with van der Waals surface area (Å²) < 4.78 is 0. The number of aromatic nitrogens is 1. The lowest BCUT2D eigenvalue weighted by Gasteiger charge is -2.12. The lowest BCUT2D eigenvalue weighted by Crippen LogP contribution is -2.21. The molecule has 5 heteroatoms. The maximum atomic E-state index is 11.4. The number of aryl methyl sites for hydroxylation is 1. The molecule has 1 aromatic rings. The first kappa shape index (κ1) is 14.4. The summed E-state index contributed by atoms with van der Waals surface area (Å²) in [5, 5.41) is 17.0. The summed E-state index contributed by atoms with van der Waals surface area (Å²) in [4.78, 5) is 4.98. The minimum Gasteiger partial charge on any atom is -0.696 e. The highest BCUT2D eigenvalue weighted by molar-refractivity contribution is 5.39. The molecule has 0 aliphatic heterocycles. The third-order valence-corrected chi connectivity index (χ3v) is 2.53. The summed E-state index contributed by atoms with van der Waals surface area (Å²) in [5.74, 6) is 0.747. The van der Waals surface area contributed by atoms with Crippen LogP contribution in [0.3, 0.4) is 0 Å².